The average Bonchev–Trinajstić information content (AvgIpc) is 3.57. The Morgan fingerprint density at radius 1 is 1.20 bits per heavy atom. The second-order valence-electron chi connectivity index (χ2n) is 9.59. The molecule has 1 saturated heterocycles. The Morgan fingerprint density at radius 2 is 2.05 bits per heavy atom. The van der Waals surface area contributed by atoms with Gasteiger partial charge in [0.1, 0.15) is 30.3 Å². The van der Waals surface area contributed by atoms with Crippen molar-refractivity contribution in [3.05, 3.63) is 78.4 Å². The zero-order valence-electron chi connectivity index (χ0n) is 21.7. The van der Waals surface area contributed by atoms with E-state index in [0.717, 1.165) is 24.1 Å². The first-order valence-electron chi connectivity index (χ1n) is 12.8. The van der Waals surface area contributed by atoms with Gasteiger partial charge in [-0.15, -0.1) is 0 Å². The summed E-state index contributed by atoms with van der Waals surface area (Å²) < 4.78 is 29.0. The van der Waals surface area contributed by atoms with Crippen molar-refractivity contribution in [3.8, 4) is 22.7 Å². The summed E-state index contributed by atoms with van der Waals surface area (Å²) in [6.45, 7) is 1.25. The molecule has 11 nitrogen and oxygen atoms in total. The molecule has 6 rings (SSSR count). The second kappa shape index (κ2) is 10.7. The molecule has 1 aliphatic heterocycles. The summed E-state index contributed by atoms with van der Waals surface area (Å²) in [7, 11) is 1.84. The van der Waals surface area contributed by atoms with Crippen LogP contribution in [0, 0.1) is 5.82 Å². The van der Waals surface area contributed by atoms with E-state index in [1.54, 1.807) is 17.1 Å². The molecule has 0 spiro atoms. The van der Waals surface area contributed by atoms with Gasteiger partial charge in [-0.1, -0.05) is 0 Å². The van der Waals surface area contributed by atoms with Crippen molar-refractivity contribution in [2.75, 3.05) is 18.9 Å². The lowest BCUT2D eigenvalue weighted by Crippen LogP contribution is -2.39. The van der Waals surface area contributed by atoms with Gasteiger partial charge in [0, 0.05) is 62.1 Å². The molecule has 1 amide bonds. The molecular weight excluding hydrogens is 515 g/mol. The smallest absolute Gasteiger partial charge is 0.255 e. The molecule has 0 unspecified atom stereocenters. The number of carbonyl (C=O) groups is 1. The van der Waals surface area contributed by atoms with Crippen molar-refractivity contribution in [2.24, 2.45) is 7.05 Å². The first-order chi connectivity index (χ1) is 19.5. The van der Waals surface area contributed by atoms with E-state index in [2.05, 4.69) is 25.4 Å². The van der Waals surface area contributed by atoms with Crippen LogP contribution >= 0.6 is 0 Å². The normalized spacial score (nSPS) is 13.9. The van der Waals surface area contributed by atoms with Crippen LogP contribution in [0.5, 0.6) is 5.75 Å². The van der Waals surface area contributed by atoms with Gasteiger partial charge < -0.3 is 20.5 Å². The summed E-state index contributed by atoms with van der Waals surface area (Å²) in [4.78, 5) is 26.0. The third kappa shape index (κ3) is 5.08. The van der Waals surface area contributed by atoms with Crippen LogP contribution in [-0.4, -0.2) is 54.5 Å². The zero-order chi connectivity index (χ0) is 27.6. The highest BCUT2D eigenvalue weighted by atomic mass is 19.1. The number of hydrogen-bond donors (Lipinski definition) is 2. The Hall–Kier alpha value is -4.84. The molecule has 0 atom stereocenters. The van der Waals surface area contributed by atoms with Crippen molar-refractivity contribution < 1.29 is 18.7 Å². The number of rotatable bonds is 7. The van der Waals surface area contributed by atoms with E-state index in [-0.39, 0.29) is 29.9 Å². The number of nitrogens with zero attached hydrogens (tertiary/aromatic N) is 6. The third-order valence-corrected chi connectivity index (χ3v) is 6.80. The minimum Gasteiger partial charge on any atom is -0.488 e. The van der Waals surface area contributed by atoms with Crippen LogP contribution in [0.25, 0.3) is 28.0 Å². The summed E-state index contributed by atoms with van der Waals surface area (Å²) in [5, 5.41) is 8.19. The number of benzene rings is 1. The topological polar surface area (TPSA) is 135 Å². The fraction of sp³-hybridized carbons (Fsp3) is 0.250. The molecule has 3 N–H and O–H groups in total. The van der Waals surface area contributed by atoms with E-state index in [4.69, 9.17) is 15.2 Å². The number of nitrogens with one attached hydrogen (secondary N) is 1. The summed E-state index contributed by atoms with van der Waals surface area (Å²) in [5.41, 5.74) is 10.0. The minimum atomic E-state index is -0.498. The van der Waals surface area contributed by atoms with Crippen LogP contribution in [0.1, 0.15) is 28.8 Å². The number of halogens is 1. The number of pyridine rings is 1. The van der Waals surface area contributed by atoms with Gasteiger partial charge >= 0.3 is 0 Å². The molecule has 5 aromatic rings. The quantitative estimate of drug-likeness (QED) is 0.319. The Morgan fingerprint density at radius 3 is 2.85 bits per heavy atom. The third-order valence-electron chi connectivity index (χ3n) is 6.80. The largest absolute Gasteiger partial charge is 0.488 e. The first kappa shape index (κ1) is 25.4. The molecule has 40 heavy (non-hydrogen) atoms. The van der Waals surface area contributed by atoms with Crippen molar-refractivity contribution in [1.29, 1.82) is 0 Å². The summed E-state index contributed by atoms with van der Waals surface area (Å²) in [6.07, 6.45) is 9.96. The van der Waals surface area contributed by atoms with E-state index in [9.17, 15) is 9.18 Å². The number of nitrogen functional groups attached to an aromatic ring is 1. The van der Waals surface area contributed by atoms with Crippen LogP contribution in [-0.2, 0) is 18.4 Å². The highest BCUT2D eigenvalue weighted by molar-refractivity contribution is 6.00. The molecule has 1 aliphatic rings. The fourth-order valence-corrected chi connectivity index (χ4v) is 4.79. The Balaban J connectivity index is 1.27. The van der Waals surface area contributed by atoms with E-state index >= 15 is 0 Å². The molecule has 0 bridgehead atoms. The maximum Gasteiger partial charge on any atom is 0.255 e. The molecule has 12 heteroatoms. The van der Waals surface area contributed by atoms with Gasteiger partial charge in [0.15, 0.2) is 5.65 Å². The maximum absolute atomic E-state index is 14.1. The Labute approximate surface area is 228 Å². The highest BCUT2D eigenvalue weighted by Crippen LogP contribution is 2.33. The standard InChI is InChI=1S/C28H27FN8O3/c1-36-7-4-23(35-36)22-14-37(27-25(22)26(30)32-16-33-27)20-10-17(12-31-13-20)15-40-24-11-18(29)2-3-21(24)28(38)34-19-5-8-39-9-6-19/h2-4,7,10-14,16,19H,5-6,8-9,15H2,1H3,(H,34,38)(H2,30,32,33). The van der Waals surface area contributed by atoms with E-state index in [1.807, 2.05) is 36.1 Å². The average molecular weight is 543 g/mol. The SMILES string of the molecule is Cn1ccc(-c2cn(-c3cncc(COc4cc(F)ccc4C(=O)NC4CCOCC4)c3)c3ncnc(N)c23)n1. The minimum absolute atomic E-state index is 0.00486. The van der Waals surface area contributed by atoms with Crippen molar-refractivity contribution in [1.82, 2.24) is 34.6 Å². The Kier molecular flexibility index (Phi) is 6.83. The predicted octanol–water partition coefficient (Wildman–Crippen LogP) is 3.43. The highest BCUT2D eigenvalue weighted by Gasteiger charge is 2.21. The molecule has 1 fully saturated rings. The molecule has 1 aromatic carbocycles. The van der Waals surface area contributed by atoms with Gasteiger partial charge in [0.05, 0.1) is 28.5 Å². The number of aromatic nitrogens is 6. The first-order valence-corrected chi connectivity index (χ1v) is 12.8. The van der Waals surface area contributed by atoms with E-state index in [0.29, 0.717) is 41.3 Å². The summed E-state index contributed by atoms with van der Waals surface area (Å²) in [6, 6.07) is 7.68. The maximum atomic E-state index is 14.1. The number of amides is 1. The van der Waals surface area contributed by atoms with Crippen molar-refractivity contribution in [3.63, 3.8) is 0 Å². The van der Waals surface area contributed by atoms with Gasteiger partial charge in [-0.25, -0.2) is 14.4 Å². The lowest BCUT2D eigenvalue weighted by molar-refractivity contribution is 0.0694. The number of aryl methyl sites for hydroxylation is 1. The zero-order valence-corrected chi connectivity index (χ0v) is 21.7. The summed E-state index contributed by atoms with van der Waals surface area (Å²) >= 11 is 0. The summed E-state index contributed by atoms with van der Waals surface area (Å²) in [5.74, 6) is -0.316. The predicted molar refractivity (Wildman–Crippen MR) is 145 cm³/mol. The van der Waals surface area contributed by atoms with Crippen LogP contribution in [0.15, 0.2) is 61.4 Å². The molecular formula is C28H27FN8O3. The Bertz CT molecular complexity index is 1690. The fourth-order valence-electron chi connectivity index (χ4n) is 4.79. The van der Waals surface area contributed by atoms with Crippen LogP contribution in [0.4, 0.5) is 10.2 Å². The molecule has 4 aromatic heterocycles. The number of hydrogen-bond acceptors (Lipinski definition) is 8. The van der Waals surface area contributed by atoms with Gasteiger partial charge in [-0.05, 0) is 37.1 Å². The second-order valence-corrected chi connectivity index (χ2v) is 9.59. The lowest BCUT2D eigenvalue weighted by atomic mass is 10.1. The lowest BCUT2D eigenvalue weighted by Gasteiger charge is -2.23. The molecule has 204 valence electrons. The van der Waals surface area contributed by atoms with Crippen LogP contribution in [0.2, 0.25) is 0 Å². The van der Waals surface area contributed by atoms with Crippen molar-refractivity contribution in [2.45, 2.75) is 25.5 Å². The van der Waals surface area contributed by atoms with Crippen LogP contribution in [0.3, 0.4) is 0 Å². The monoisotopic (exact) mass is 542 g/mol. The van der Waals surface area contributed by atoms with Crippen molar-refractivity contribution >= 4 is 22.8 Å². The molecule has 0 aliphatic carbocycles. The molecule has 0 radical (unpaired) electrons. The number of ether oxygens (including phenoxy) is 2. The van der Waals surface area contributed by atoms with Gasteiger partial charge in [-0.2, -0.15) is 5.10 Å². The number of anilines is 1. The van der Waals surface area contributed by atoms with E-state index in [1.165, 1.54) is 24.5 Å². The van der Waals surface area contributed by atoms with Crippen LogP contribution < -0.4 is 15.8 Å². The number of carbonyl (C=O) groups excluding carboxylic acids is 1. The molecule has 5 heterocycles. The number of fused-ring (bicyclic) bond motifs is 1. The number of nitrogens with two attached hydrogens (primary N) is 1. The van der Waals surface area contributed by atoms with E-state index < -0.39 is 5.82 Å². The molecule has 0 saturated carbocycles. The van der Waals surface area contributed by atoms with Gasteiger partial charge in [-0.3, -0.25) is 19.0 Å². The van der Waals surface area contributed by atoms with Gasteiger partial charge in [0.25, 0.3) is 5.91 Å². The van der Waals surface area contributed by atoms with Gasteiger partial charge in [0.2, 0.25) is 0 Å².